The summed E-state index contributed by atoms with van der Waals surface area (Å²) in [6, 6.07) is 16.4. The number of rotatable bonds is 8. The molecule has 0 atom stereocenters. The summed E-state index contributed by atoms with van der Waals surface area (Å²) in [6.07, 6.45) is 3.42. The molecule has 2 N–H and O–H groups in total. The number of phenols is 1. The first kappa shape index (κ1) is 26.2. The number of halogens is 2. The fraction of sp³-hybridized carbons (Fsp3) is 0.233. The fourth-order valence-electron chi connectivity index (χ4n) is 4.45. The minimum Gasteiger partial charge on any atom is -0.505 e. The summed E-state index contributed by atoms with van der Waals surface area (Å²) in [7, 11) is 3.91. The lowest BCUT2D eigenvalue weighted by molar-refractivity contribution is 0.0947. The number of likely N-dealkylation sites (N-methyl/N-ethyl adjacent to an activating group) is 1. The van der Waals surface area contributed by atoms with E-state index in [0.29, 0.717) is 17.7 Å². The van der Waals surface area contributed by atoms with Gasteiger partial charge in [0.15, 0.2) is 11.5 Å². The van der Waals surface area contributed by atoms with E-state index in [1.807, 2.05) is 49.3 Å². The molecule has 5 rings (SSSR count). The van der Waals surface area contributed by atoms with E-state index in [2.05, 4.69) is 10.3 Å². The van der Waals surface area contributed by atoms with Crippen molar-refractivity contribution >= 4 is 45.8 Å². The molecule has 6 nitrogen and oxygen atoms in total. The molecular weight excluding hydrogens is 521 g/mol. The van der Waals surface area contributed by atoms with Crippen LogP contribution in [0.2, 0.25) is 10.0 Å². The highest BCUT2D eigenvalue weighted by atomic mass is 35.5. The summed E-state index contributed by atoms with van der Waals surface area (Å²) in [6.45, 7) is 1.30. The van der Waals surface area contributed by atoms with Crippen molar-refractivity contribution in [3.05, 3.63) is 82.0 Å². The van der Waals surface area contributed by atoms with Crippen LogP contribution >= 0.6 is 23.2 Å². The quantitative estimate of drug-likeness (QED) is 0.247. The molecule has 1 aromatic heterocycles. The van der Waals surface area contributed by atoms with Gasteiger partial charge in [-0.3, -0.25) is 14.6 Å². The van der Waals surface area contributed by atoms with Gasteiger partial charge in [0, 0.05) is 47.3 Å². The first-order valence-corrected chi connectivity index (χ1v) is 13.2. The molecule has 1 aliphatic carbocycles. The van der Waals surface area contributed by atoms with Gasteiger partial charge in [0.2, 0.25) is 0 Å². The predicted molar refractivity (Wildman–Crippen MR) is 152 cm³/mol. The second-order valence-corrected chi connectivity index (χ2v) is 10.7. The van der Waals surface area contributed by atoms with E-state index in [4.69, 9.17) is 23.2 Å². The third kappa shape index (κ3) is 5.39. The van der Waals surface area contributed by atoms with Crippen LogP contribution in [0.15, 0.2) is 60.8 Å². The fourth-order valence-corrected chi connectivity index (χ4v) is 4.94. The monoisotopic (exact) mass is 547 g/mol. The van der Waals surface area contributed by atoms with Crippen LogP contribution in [0.4, 0.5) is 0 Å². The average Bonchev–Trinajstić information content (AvgIpc) is 3.75. The number of amides is 1. The first-order chi connectivity index (χ1) is 18.2. The van der Waals surface area contributed by atoms with Crippen molar-refractivity contribution in [2.75, 3.05) is 27.2 Å². The standard InChI is InChI=1S/C30H27Cl2N3O3/c1-35(2)12-11-33-30(38)19-7-3-17(4-8-19)27-22-13-20(21-14-24(31)29(37)25(32)15-21)9-10-26(22)34-16-23(27)28(36)18-5-6-18/h3-4,7-10,13-16,18,37H,5-6,11-12H2,1-2H3,(H,33,38). The Balaban J connectivity index is 1.59. The second kappa shape index (κ2) is 10.7. The maximum atomic E-state index is 13.3. The van der Waals surface area contributed by atoms with Gasteiger partial charge in [-0.25, -0.2) is 0 Å². The Morgan fingerprint density at radius 1 is 0.974 bits per heavy atom. The zero-order valence-corrected chi connectivity index (χ0v) is 22.6. The molecule has 1 saturated carbocycles. The highest BCUT2D eigenvalue weighted by Crippen LogP contribution is 2.41. The van der Waals surface area contributed by atoms with Crippen LogP contribution in [0.3, 0.4) is 0 Å². The lowest BCUT2D eigenvalue weighted by atomic mass is 9.91. The van der Waals surface area contributed by atoms with Gasteiger partial charge in [0.05, 0.1) is 15.6 Å². The highest BCUT2D eigenvalue weighted by molar-refractivity contribution is 6.37. The number of phenolic OH excluding ortho intramolecular Hbond substituents is 1. The van der Waals surface area contributed by atoms with Crippen LogP contribution < -0.4 is 5.32 Å². The molecule has 1 heterocycles. The van der Waals surface area contributed by atoms with Crippen molar-refractivity contribution in [3.63, 3.8) is 0 Å². The molecule has 38 heavy (non-hydrogen) atoms. The molecule has 1 aliphatic rings. The summed E-state index contributed by atoms with van der Waals surface area (Å²) in [5.41, 5.74) is 5.01. The summed E-state index contributed by atoms with van der Waals surface area (Å²) in [4.78, 5) is 32.5. The van der Waals surface area contributed by atoms with Crippen LogP contribution in [0.25, 0.3) is 33.2 Å². The minimum absolute atomic E-state index is 0.0210. The van der Waals surface area contributed by atoms with Crippen molar-refractivity contribution in [1.82, 2.24) is 15.2 Å². The Labute approximate surface area is 231 Å². The highest BCUT2D eigenvalue weighted by Gasteiger charge is 2.32. The van der Waals surface area contributed by atoms with Gasteiger partial charge in [-0.1, -0.05) is 41.4 Å². The van der Waals surface area contributed by atoms with Gasteiger partial charge in [-0.2, -0.15) is 0 Å². The van der Waals surface area contributed by atoms with E-state index < -0.39 is 0 Å². The third-order valence-corrected chi connectivity index (χ3v) is 7.29. The maximum absolute atomic E-state index is 13.3. The molecular formula is C30H27Cl2N3O3. The Hall–Kier alpha value is -3.45. The molecule has 194 valence electrons. The van der Waals surface area contributed by atoms with Crippen molar-refractivity contribution in [3.8, 4) is 28.0 Å². The van der Waals surface area contributed by atoms with Gasteiger partial charge in [-0.05, 0) is 80.0 Å². The lowest BCUT2D eigenvalue weighted by Crippen LogP contribution is -2.31. The number of benzene rings is 3. The smallest absolute Gasteiger partial charge is 0.251 e. The molecule has 1 amide bonds. The third-order valence-electron chi connectivity index (χ3n) is 6.71. The van der Waals surface area contributed by atoms with Crippen molar-refractivity contribution < 1.29 is 14.7 Å². The number of aromatic hydroxyl groups is 1. The predicted octanol–water partition coefficient (Wildman–Crippen LogP) is 6.47. The number of hydrogen-bond donors (Lipinski definition) is 2. The van der Waals surface area contributed by atoms with E-state index >= 15 is 0 Å². The maximum Gasteiger partial charge on any atom is 0.251 e. The largest absolute Gasteiger partial charge is 0.505 e. The number of hydrogen-bond acceptors (Lipinski definition) is 5. The van der Waals surface area contributed by atoms with Gasteiger partial charge >= 0.3 is 0 Å². The average molecular weight is 548 g/mol. The number of carbonyl (C=O) groups excluding carboxylic acids is 2. The van der Waals surface area contributed by atoms with Crippen molar-refractivity contribution in [1.29, 1.82) is 0 Å². The lowest BCUT2D eigenvalue weighted by Gasteiger charge is -2.15. The van der Waals surface area contributed by atoms with Crippen molar-refractivity contribution in [2.24, 2.45) is 5.92 Å². The molecule has 8 heteroatoms. The molecule has 3 aromatic carbocycles. The molecule has 1 fully saturated rings. The van der Waals surface area contributed by atoms with E-state index in [1.165, 1.54) is 0 Å². The van der Waals surface area contributed by atoms with Crippen LogP contribution in [0.5, 0.6) is 5.75 Å². The number of carbonyl (C=O) groups is 2. The number of nitrogens with zero attached hydrogens (tertiary/aromatic N) is 2. The molecule has 0 aliphatic heterocycles. The minimum atomic E-state index is -0.164. The number of Topliss-reactive ketones (excluding diaryl/α,β-unsaturated/α-hetero) is 1. The zero-order valence-electron chi connectivity index (χ0n) is 21.1. The number of nitrogens with one attached hydrogen (secondary N) is 1. The summed E-state index contributed by atoms with van der Waals surface area (Å²) >= 11 is 12.4. The zero-order chi connectivity index (χ0) is 27.0. The number of fused-ring (bicyclic) bond motifs is 1. The molecule has 0 saturated heterocycles. The number of ketones is 1. The van der Waals surface area contributed by atoms with Crippen molar-refractivity contribution in [2.45, 2.75) is 12.8 Å². The van der Waals surface area contributed by atoms with E-state index in [-0.39, 0.29) is 33.4 Å². The summed E-state index contributed by atoms with van der Waals surface area (Å²) in [5, 5.41) is 14.0. The Morgan fingerprint density at radius 2 is 1.63 bits per heavy atom. The Kier molecular flexibility index (Phi) is 7.39. The molecule has 4 aromatic rings. The van der Waals surface area contributed by atoms with E-state index in [1.54, 1.807) is 30.5 Å². The SMILES string of the molecule is CN(C)CCNC(=O)c1ccc(-c2c(C(=O)C3CC3)cnc3ccc(-c4cc(Cl)c(O)c(Cl)c4)cc23)cc1. The second-order valence-electron chi connectivity index (χ2n) is 9.84. The summed E-state index contributed by atoms with van der Waals surface area (Å²) in [5.74, 6) is -0.201. The van der Waals surface area contributed by atoms with Gasteiger partial charge in [0.1, 0.15) is 0 Å². The molecule has 0 radical (unpaired) electrons. The number of pyridine rings is 1. The number of aromatic nitrogens is 1. The summed E-state index contributed by atoms with van der Waals surface area (Å²) < 4.78 is 0. The normalized spacial score (nSPS) is 13.2. The van der Waals surface area contributed by atoms with Crippen LogP contribution in [-0.4, -0.2) is 53.9 Å². The van der Waals surface area contributed by atoms with E-state index in [9.17, 15) is 14.7 Å². The van der Waals surface area contributed by atoms with Crippen LogP contribution in [0, 0.1) is 5.92 Å². The first-order valence-electron chi connectivity index (χ1n) is 12.4. The van der Waals surface area contributed by atoms with Gasteiger partial charge < -0.3 is 15.3 Å². The molecule has 0 unspecified atom stereocenters. The van der Waals surface area contributed by atoms with E-state index in [0.717, 1.165) is 52.5 Å². The van der Waals surface area contributed by atoms with Crippen LogP contribution in [0.1, 0.15) is 33.6 Å². The topological polar surface area (TPSA) is 82.5 Å². The Bertz CT molecular complexity index is 1520. The van der Waals surface area contributed by atoms with Gasteiger partial charge in [-0.15, -0.1) is 0 Å². The Morgan fingerprint density at radius 3 is 2.26 bits per heavy atom. The van der Waals surface area contributed by atoms with Gasteiger partial charge in [0.25, 0.3) is 5.91 Å². The van der Waals surface area contributed by atoms with Crippen LogP contribution in [-0.2, 0) is 0 Å². The molecule has 0 bridgehead atoms. The molecule has 0 spiro atoms.